The van der Waals surface area contributed by atoms with Gasteiger partial charge in [0.25, 0.3) is 0 Å². The summed E-state index contributed by atoms with van der Waals surface area (Å²) in [6.45, 7) is 11.9. The normalized spacial score (nSPS) is 29.9. The van der Waals surface area contributed by atoms with Crippen LogP contribution >= 0.6 is 0 Å². The van der Waals surface area contributed by atoms with E-state index in [1.807, 2.05) is 13.8 Å². The van der Waals surface area contributed by atoms with Crippen molar-refractivity contribution in [1.29, 1.82) is 0 Å². The standard InChI is InChI=1S/2C4H6O2.C3H6O.CO/c1-3-2-6-4(3)5;1-3-2-4(5)6-3;1-3-2-4-3;1-2/h2*3H,2H2,1H3;3H,2H2,1H3;. The van der Waals surface area contributed by atoms with Gasteiger partial charge in [0.1, 0.15) is 12.7 Å². The summed E-state index contributed by atoms with van der Waals surface area (Å²) >= 11 is 0. The van der Waals surface area contributed by atoms with Gasteiger partial charge in [-0.1, -0.05) is 0 Å². The monoisotopic (exact) mass is 258 g/mol. The molecular formula is C12H18O6. The van der Waals surface area contributed by atoms with Gasteiger partial charge in [0, 0.05) is 0 Å². The molecule has 18 heavy (non-hydrogen) atoms. The molecule has 3 atom stereocenters. The van der Waals surface area contributed by atoms with E-state index >= 15 is 0 Å². The summed E-state index contributed by atoms with van der Waals surface area (Å²) in [5.74, 6) is 0.0440. The molecule has 3 saturated heterocycles. The van der Waals surface area contributed by atoms with Crippen molar-refractivity contribution in [3.05, 3.63) is 6.65 Å². The predicted octanol–water partition coefficient (Wildman–Crippen LogP) is 0.869. The van der Waals surface area contributed by atoms with Gasteiger partial charge in [-0.2, -0.15) is 0 Å². The van der Waals surface area contributed by atoms with Gasteiger partial charge < -0.3 is 14.2 Å². The molecule has 0 aromatic rings. The van der Waals surface area contributed by atoms with Crippen LogP contribution in [0.4, 0.5) is 0 Å². The molecule has 3 fully saturated rings. The number of rotatable bonds is 0. The minimum absolute atomic E-state index is 0.0602. The van der Waals surface area contributed by atoms with E-state index in [2.05, 4.69) is 23.0 Å². The molecule has 0 aromatic carbocycles. The van der Waals surface area contributed by atoms with Gasteiger partial charge in [0.15, 0.2) is 0 Å². The summed E-state index contributed by atoms with van der Waals surface area (Å²) in [5, 5.41) is 0. The summed E-state index contributed by atoms with van der Waals surface area (Å²) in [7, 11) is 0. The third-order valence-corrected chi connectivity index (χ3v) is 2.16. The Balaban J connectivity index is 0.000000229. The number of hydrogen-bond acceptors (Lipinski definition) is 5. The average Bonchev–Trinajstić information content (AvgIpc) is 3.12. The van der Waals surface area contributed by atoms with Crippen molar-refractivity contribution in [1.82, 2.24) is 0 Å². The van der Waals surface area contributed by atoms with E-state index in [4.69, 9.17) is 9.39 Å². The number of cyclic esters (lactones) is 2. The quantitative estimate of drug-likeness (QED) is 0.278. The summed E-state index contributed by atoms with van der Waals surface area (Å²) < 4.78 is 21.1. The first-order chi connectivity index (χ1) is 8.49. The fraction of sp³-hybridized carbons (Fsp3) is 0.750. The molecule has 3 heterocycles. The van der Waals surface area contributed by atoms with Gasteiger partial charge in [-0.15, -0.1) is 0 Å². The van der Waals surface area contributed by atoms with Crippen molar-refractivity contribution >= 4 is 11.9 Å². The summed E-state index contributed by atoms with van der Waals surface area (Å²) in [4.78, 5) is 19.9. The van der Waals surface area contributed by atoms with Crippen LogP contribution in [0.15, 0.2) is 0 Å². The molecule has 102 valence electrons. The Morgan fingerprint density at radius 1 is 1.11 bits per heavy atom. The van der Waals surface area contributed by atoms with E-state index in [1.54, 1.807) is 0 Å². The number of hydrogen-bond donors (Lipinski definition) is 0. The Kier molecular flexibility index (Phi) is 8.03. The van der Waals surface area contributed by atoms with Crippen LogP contribution in [0.5, 0.6) is 0 Å². The Bertz CT molecular complexity index is 286. The van der Waals surface area contributed by atoms with E-state index in [-0.39, 0.29) is 24.0 Å². The summed E-state index contributed by atoms with van der Waals surface area (Å²) in [5.41, 5.74) is 0. The van der Waals surface area contributed by atoms with Crippen molar-refractivity contribution in [2.75, 3.05) is 13.2 Å². The van der Waals surface area contributed by atoms with Crippen molar-refractivity contribution < 1.29 is 28.5 Å². The summed E-state index contributed by atoms with van der Waals surface area (Å²) in [6, 6.07) is 0. The van der Waals surface area contributed by atoms with Crippen LogP contribution in [-0.4, -0.2) is 37.4 Å². The van der Waals surface area contributed by atoms with E-state index in [1.165, 1.54) is 0 Å². The average molecular weight is 258 g/mol. The second kappa shape index (κ2) is 8.69. The molecule has 0 amide bonds. The van der Waals surface area contributed by atoms with E-state index in [0.717, 1.165) is 6.61 Å². The van der Waals surface area contributed by atoms with Crippen molar-refractivity contribution in [3.8, 4) is 0 Å². The molecule has 3 aliphatic heterocycles. The first-order valence-corrected chi connectivity index (χ1v) is 5.67. The van der Waals surface area contributed by atoms with E-state index < -0.39 is 0 Å². The molecule has 0 radical (unpaired) electrons. The predicted molar refractivity (Wildman–Crippen MR) is 59.6 cm³/mol. The van der Waals surface area contributed by atoms with Crippen LogP contribution in [0, 0.1) is 12.6 Å². The minimum atomic E-state index is -0.0671. The van der Waals surface area contributed by atoms with Crippen LogP contribution in [0.3, 0.4) is 0 Å². The Labute approximate surface area is 106 Å². The molecule has 3 rings (SSSR count). The molecule has 6 heteroatoms. The zero-order chi connectivity index (χ0) is 14.1. The van der Waals surface area contributed by atoms with Crippen LogP contribution in [0.1, 0.15) is 27.2 Å². The maximum absolute atomic E-state index is 10.0. The van der Waals surface area contributed by atoms with Crippen molar-refractivity contribution in [2.24, 2.45) is 5.92 Å². The van der Waals surface area contributed by atoms with Gasteiger partial charge in [-0.3, -0.25) is 9.59 Å². The molecule has 3 aliphatic rings. The topological polar surface area (TPSA) is 85.0 Å². The molecule has 0 N–H and O–H groups in total. The number of carbonyl (C=O) groups excluding carboxylic acids is 2. The van der Waals surface area contributed by atoms with Gasteiger partial charge >= 0.3 is 23.2 Å². The Morgan fingerprint density at radius 2 is 1.50 bits per heavy atom. The first-order valence-electron chi connectivity index (χ1n) is 5.67. The maximum atomic E-state index is 10.0. The third kappa shape index (κ3) is 7.84. The molecule has 0 aromatic heterocycles. The Morgan fingerprint density at radius 3 is 1.50 bits per heavy atom. The molecule has 0 saturated carbocycles. The van der Waals surface area contributed by atoms with Gasteiger partial charge in [-0.05, 0) is 20.8 Å². The number of esters is 2. The van der Waals surface area contributed by atoms with Crippen LogP contribution in [0.25, 0.3) is 0 Å². The van der Waals surface area contributed by atoms with Crippen molar-refractivity contribution in [2.45, 2.75) is 39.4 Å². The second-order valence-corrected chi connectivity index (χ2v) is 4.18. The number of carbonyl (C=O) groups is 2. The number of epoxide rings is 1. The number of ether oxygens (including phenoxy) is 3. The second-order valence-electron chi connectivity index (χ2n) is 4.18. The van der Waals surface area contributed by atoms with Gasteiger partial charge in [-0.25, -0.2) is 0 Å². The zero-order valence-corrected chi connectivity index (χ0v) is 10.8. The Hall–Kier alpha value is -1.36. The van der Waals surface area contributed by atoms with Gasteiger partial charge in [0.05, 0.1) is 25.0 Å². The third-order valence-electron chi connectivity index (χ3n) is 2.16. The molecular weight excluding hydrogens is 240 g/mol. The summed E-state index contributed by atoms with van der Waals surface area (Å²) in [6.07, 6.45) is 1.39. The van der Waals surface area contributed by atoms with Crippen LogP contribution in [-0.2, 0) is 28.5 Å². The zero-order valence-electron chi connectivity index (χ0n) is 10.8. The molecule has 6 nitrogen and oxygen atoms in total. The van der Waals surface area contributed by atoms with Gasteiger partial charge in [0.2, 0.25) is 0 Å². The van der Waals surface area contributed by atoms with E-state index in [9.17, 15) is 9.59 Å². The molecule has 3 unspecified atom stereocenters. The van der Waals surface area contributed by atoms with Crippen LogP contribution < -0.4 is 0 Å². The fourth-order valence-corrected chi connectivity index (χ4v) is 0.864. The molecule has 0 bridgehead atoms. The van der Waals surface area contributed by atoms with Crippen molar-refractivity contribution in [3.63, 3.8) is 0 Å². The first kappa shape index (κ1) is 16.6. The van der Waals surface area contributed by atoms with E-state index in [0.29, 0.717) is 19.1 Å². The molecule has 0 spiro atoms. The molecule has 0 aliphatic carbocycles. The SMILES string of the molecule is CC1CC(=O)O1.CC1CO1.CC1COC1=O.[C-]#[O+]. The van der Waals surface area contributed by atoms with Crippen LogP contribution in [0.2, 0.25) is 0 Å². The fourth-order valence-electron chi connectivity index (χ4n) is 0.864.